The molecule has 0 bridgehead atoms. The summed E-state index contributed by atoms with van der Waals surface area (Å²) in [5.41, 5.74) is 1.70. The quantitative estimate of drug-likeness (QED) is 0.0971. The fraction of sp³-hybridized carbons (Fsp3) is 0.838. The largest absolute Gasteiger partial charge is 0.414 e. The van der Waals surface area contributed by atoms with Crippen LogP contribution in [-0.4, -0.2) is 55.8 Å². The highest BCUT2D eigenvalue weighted by atomic mass is 28.4. The maximum absolute atomic E-state index is 12.8. The average Bonchev–Trinajstić information content (AvgIpc) is 3.48. The predicted molar refractivity (Wildman–Crippen MR) is 179 cm³/mol. The van der Waals surface area contributed by atoms with Crippen LogP contribution in [0.5, 0.6) is 0 Å². The van der Waals surface area contributed by atoms with Gasteiger partial charge < -0.3 is 14.0 Å². The highest BCUT2D eigenvalue weighted by Crippen LogP contribution is 2.67. The molecule has 0 aromatic heterocycles. The number of hydrogen-bond acceptors (Lipinski definition) is 7. The van der Waals surface area contributed by atoms with Crippen LogP contribution in [0.4, 0.5) is 0 Å². The molecule has 8 nitrogen and oxygen atoms in total. The number of carbonyl (C=O) groups is 4. The number of ether oxygens (including phenoxy) is 1. The van der Waals surface area contributed by atoms with Crippen LogP contribution in [0.15, 0.2) is 11.6 Å². The molecule has 4 fully saturated rings. The van der Waals surface area contributed by atoms with E-state index in [0.717, 1.165) is 57.8 Å². The number of hydrogen-bond donors (Lipinski definition) is 0. The van der Waals surface area contributed by atoms with E-state index in [2.05, 4.69) is 53.8 Å². The Labute approximate surface area is 277 Å². The van der Waals surface area contributed by atoms with Crippen molar-refractivity contribution in [2.24, 2.45) is 34.5 Å². The molecule has 0 N–H and O–H groups in total. The highest BCUT2D eigenvalue weighted by Gasteiger charge is 2.62. The number of imide groups is 1. The van der Waals surface area contributed by atoms with Crippen LogP contribution in [0.1, 0.15) is 125 Å². The van der Waals surface area contributed by atoms with Gasteiger partial charge in [0.1, 0.15) is 5.78 Å². The highest BCUT2D eigenvalue weighted by molar-refractivity contribution is 6.74. The van der Waals surface area contributed by atoms with Crippen LogP contribution in [0.2, 0.25) is 18.1 Å². The van der Waals surface area contributed by atoms with Crippen LogP contribution in [0.3, 0.4) is 0 Å². The van der Waals surface area contributed by atoms with Crippen molar-refractivity contribution >= 4 is 31.9 Å². The first-order chi connectivity index (χ1) is 21.5. The third-order valence-electron chi connectivity index (χ3n) is 13.4. The molecule has 5 rings (SSSR count). The van der Waals surface area contributed by atoms with E-state index in [4.69, 9.17) is 14.0 Å². The molecule has 258 valence electrons. The molecule has 1 heterocycles. The first-order valence-electron chi connectivity index (χ1n) is 18.1. The van der Waals surface area contributed by atoms with Crippen molar-refractivity contribution in [2.75, 3.05) is 6.61 Å². The molecule has 0 aromatic carbocycles. The summed E-state index contributed by atoms with van der Waals surface area (Å²) in [6.45, 7) is 19.0. The summed E-state index contributed by atoms with van der Waals surface area (Å²) in [4.78, 5) is 53.5. The van der Waals surface area contributed by atoms with Crippen LogP contribution < -0.4 is 0 Å². The van der Waals surface area contributed by atoms with E-state index in [9.17, 15) is 19.2 Å². The summed E-state index contributed by atoms with van der Waals surface area (Å²) in [6.07, 6.45) is 12.9. The SMILES string of the molecule is CC(=O)[C@H]1CC[C@H]2[C@@H]3[C@H](OCCCCCC(=O)ON4C(=O)CCC4=O)C=C4C[C@@H](O[Si](C)(C)C(C)(C)C)CC[C@]4(C)[C@H]3CC[C@]12C. The maximum Gasteiger partial charge on any atom is 0.333 e. The van der Waals surface area contributed by atoms with Gasteiger partial charge in [0.25, 0.3) is 11.8 Å². The molecule has 3 saturated carbocycles. The molecule has 0 spiro atoms. The molecule has 1 saturated heterocycles. The third kappa shape index (κ3) is 6.71. The minimum atomic E-state index is -1.89. The Kier molecular flexibility index (Phi) is 10.2. The molecule has 0 aromatic rings. The van der Waals surface area contributed by atoms with E-state index in [-0.39, 0.29) is 53.3 Å². The van der Waals surface area contributed by atoms with Gasteiger partial charge in [-0.3, -0.25) is 14.4 Å². The molecule has 2 amide bonds. The van der Waals surface area contributed by atoms with Gasteiger partial charge in [-0.05, 0) is 111 Å². The Morgan fingerprint density at radius 1 is 0.957 bits per heavy atom. The van der Waals surface area contributed by atoms with Crippen LogP contribution in [0.25, 0.3) is 0 Å². The second-order valence-corrected chi connectivity index (χ2v) is 21.9. The second kappa shape index (κ2) is 13.2. The Morgan fingerprint density at radius 2 is 1.65 bits per heavy atom. The van der Waals surface area contributed by atoms with Gasteiger partial charge >= 0.3 is 5.97 Å². The fourth-order valence-electron chi connectivity index (χ4n) is 9.68. The maximum atomic E-state index is 12.8. The number of hydroxylamine groups is 2. The lowest BCUT2D eigenvalue weighted by molar-refractivity contribution is -0.197. The van der Waals surface area contributed by atoms with Crippen LogP contribution in [-0.2, 0) is 33.2 Å². The van der Waals surface area contributed by atoms with Gasteiger partial charge in [-0.1, -0.05) is 52.7 Å². The number of rotatable bonds is 11. The van der Waals surface area contributed by atoms with Gasteiger partial charge in [-0.2, -0.15) is 0 Å². The summed E-state index contributed by atoms with van der Waals surface area (Å²) in [5, 5.41) is 0.797. The number of unbranched alkanes of at least 4 members (excludes halogenated alkanes) is 2. The zero-order valence-corrected chi connectivity index (χ0v) is 30.7. The minimum absolute atomic E-state index is 0.0205. The zero-order valence-electron chi connectivity index (χ0n) is 29.7. The number of amides is 2. The van der Waals surface area contributed by atoms with Gasteiger partial charge in [-0.25, -0.2) is 4.79 Å². The number of ketones is 1. The summed E-state index contributed by atoms with van der Waals surface area (Å²) in [5.74, 6) is 0.478. The van der Waals surface area contributed by atoms with Gasteiger partial charge in [0, 0.05) is 37.9 Å². The first-order valence-corrected chi connectivity index (χ1v) is 21.0. The lowest BCUT2D eigenvalue weighted by Gasteiger charge is -2.60. The summed E-state index contributed by atoms with van der Waals surface area (Å²) in [6, 6.07) is 0. The van der Waals surface area contributed by atoms with E-state index >= 15 is 0 Å². The topological polar surface area (TPSA) is 99.2 Å². The van der Waals surface area contributed by atoms with Crippen molar-refractivity contribution in [2.45, 2.75) is 155 Å². The van der Waals surface area contributed by atoms with Gasteiger partial charge in [0.05, 0.1) is 6.10 Å². The van der Waals surface area contributed by atoms with Crippen molar-refractivity contribution < 1.29 is 33.2 Å². The molecule has 8 atom stereocenters. The molecule has 9 heteroatoms. The van der Waals surface area contributed by atoms with Crippen LogP contribution >= 0.6 is 0 Å². The lowest BCUT2D eigenvalue weighted by atomic mass is 9.46. The fourth-order valence-corrected chi connectivity index (χ4v) is 11.1. The van der Waals surface area contributed by atoms with Gasteiger partial charge in [0.2, 0.25) is 0 Å². The molecule has 4 aliphatic carbocycles. The van der Waals surface area contributed by atoms with Gasteiger partial charge in [-0.15, -0.1) is 5.06 Å². The first kappa shape index (κ1) is 35.5. The van der Waals surface area contributed by atoms with E-state index in [1.807, 2.05) is 0 Å². The summed E-state index contributed by atoms with van der Waals surface area (Å²) < 4.78 is 13.8. The molecule has 5 aliphatic rings. The molecule has 1 aliphatic heterocycles. The predicted octanol–water partition coefficient (Wildman–Crippen LogP) is 7.71. The Balaban J connectivity index is 1.26. The van der Waals surface area contributed by atoms with Crippen molar-refractivity contribution in [3.63, 3.8) is 0 Å². The lowest BCUT2D eigenvalue weighted by Crippen LogP contribution is -2.56. The van der Waals surface area contributed by atoms with E-state index in [1.54, 1.807) is 6.92 Å². The zero-order chi connectivity index (χ0) is 33.7. The third-order valence-corrected chi connectivity index (χ3v) is 17.9. The summed E-state index contributed by atoms with van der Waals surface area (Å²) in [7, 11) is -1.89. The van der Waals surface area contributed by atoms with Crippen molar-refractivity contribution in [1.82, 2.24) is 5.06 Å². The number of Topliss-reactive ketones (excluding diaryl/α,β-unsaturated/α-hetero) is 1. The standard InChI is InChI=1S/C37H59NO7Si/c1-24(39)27-13-14-28-34-29(18-20-37(27,28)6)36(5)19-17-26(45-46(7,8)35(2,3)4)22-25(36)23-30(34)43-21-11-9-10-12-33(42)44-38-31(40)15-16-32(38)41/h23,26-30,34H,9-22H2,1-8H3/t26-,27+,28-,29-,30+,34-,36-,37+/m0/s1. The van der Waals surface area contributed by atoms with Crippen LogP contribution in [0, 0.1) is 34.5 Å². The Bertz CT molecular complexity index is 1220. The second-order valence-electron chi connectivity index (χ2n) is 17.1. The monoisotopic (exact) mass is 657 g/mol. The molecule has 0 radical (unpaired) electrons. The van der Waals surface area contributed by atoms with Crippen molar-refractivity contribution in [3.8, 4) is 0 Å². The number of fused-ring (bicyclic) bond motifs is 5. The minimum Gasteiger partial charge on any atom is -0.414 e. The molecule has 0 unspecified atom stereocenters. The average molecular weight is 658 g/mol. The number of nitrogens with zero attached hydrogens (tertiary/aromatic N) is 1. The molecule has 46 heavy (non-hydrogen) atoms. The van der Waals surface area contributed by atoms with E-state index in [0.29, 0.717) is 41.6 Å². The van der Waals surface area contributed by atoms with E-state index in [1.165, 1.54) is 5.57 Å². The smallest absolute Gasteiger partial charge is 0.333 e. The Morgan fingerprint density at radius 3 is 2.30 bits per heavy atom. The van der Waals surface area contributed by atoms with E-state index < -0.39 is 26.1 Å². The Hall–Kier alpha value is -1.84. The summed E-state index contributed by atoms with van der Waals surface area (Å²) >= 11 is 0. The number of carbonyl (C=O) groups excluding carboxylic acids is 4. The van der Waals surface area contributed by atoms with Crippen molar-refractivity contribution in [3.05, 3.63) is 11.6 Å². The molecular formula is C37H59NO7Si. The normalized spacial score (nSPS) is 36.2. The molecular weight excluding hydrogens is 598 g/mol. The van der Waals surface area contributed by atoms with Gasteiger partial charge in [0.15, 0.2) is 8.32 Å². The van der Waals surface area contributed by atoms with Crippen molar-refractivity contribution in [1.29, 1.82) is 0 Å².